The van der Waals surface area contributed by atoms with Gasteiger partial charge in [0.15, 0.2) is 11.3 Å². The SMILES string of the molecule is CC(C)(O)c1coc(SNC#N)c1.NC(=O)Nc1c2c(cc3c1CCC3)CCC2. The zero-order valence-corrected chi connectivity index (χ0v) is 17.5. The van der Waals surface area contributed by atoms with Crippen LogP contribution in [-0.2, 0) is 31.3 Å². The van der Waals surface area contributed by atoms with Gasteiger partial charge >= 0.3 is 6.03 Å². The molecule has 5 N–H and O–H groups in total. The summed E-state index contributed by atoms with van der Waals surface area (Å²) in [6.07, 6.45) is 10.1. The van der Waals surface area contributed by atoms with E-state index in [-0.39, 0.29) is 0 Å². The molecule has 0 saturated carbocycles. The molecule has 4 rings (SSSR count). The minimum absolute atomic E-state index is 0.436. The molecule has 29 heavy (non-hydrogen) atoms. The number of nitrogens with two attached hydrogens (primary N) is 1. The van der Waals surface area contributed by atoms with E-state index in [1.54, 1.807) is 26.1 Å². The maximum absolute atomic E-state index is 11.1. The van der Waals surface area contributed by atoms with E-state index >= 15 is 0 Å². The van der Waals surface area contributed by atoms with E-state index in [1.807, 2.05) is 0 Å². The lowest BCUT2D eigenvalue weighted by molar-refractivity contribution is 0.0779. The van der Waals surface area contributed by atoms with Crippen LogP contribution in [0.2, 0.25) is 0 Å². The van der Waals surface area contributed by atoms with Gasteiger partial charge in [-0.15, -0.1) is 0 Å². The smallest absolute Gasteiger partial charge is 0.316 e. The van der Waals surface area contributed by atoms with Crippen molar-refractivity contribution in [1.29, 1.82) is 5.26 Å². The number of rotatable bonds is 4. The van der Waals surface area contributed by atoms with Gasteiger partial charge in [-0.25, -0.2) is 4.79 Å². The molecule has 154 valence electrons. The van der Waals surface area contributed by atoms with Gasteiger partial charge in [0.2, 0.25) is 0 Å². The van der Waals surface area contributed by atoms with E-state index in [0.29, 0.717) is 10.7 Å². The van der Waals surface area contributed by atoms with Gasteiger partial charge in [-0.3, -0.25) is 4.72 Å². The third-order valence-corrected chi connectivity index (χ3v) is 5.81. The lowest BCUT2D eigenvalue weighted by Crippen LogP contribution is -2.21. The van der Waals surface area contributed by atoms with Gasteiger partial charge in [-0.2, -0.15) is 5.26 Å². The van der Waals surface area contributed by atoms with Crippen molar-refractivity contribution in [3.05, 3.63) is 46.2 Å². The quantitative estimate of drug-likeness (QED) is 0.343. The number of primary amides is 1. The van der Waals surface area contributed by atoms with Crippen molar-refractivity contribution in [2.75, 3.05) is 5.32 Å². The van der Waals surface area contributed by atoms with Crippen molar-refractivity contribution in [3.63, 3.8) is 0 Å². The fourth-order valence-electron chi connectivity index (χ4n) is 3.85. The van der Waals surface area contributed by atoms with Crippen LogP contribution in [0.15, 0.2) is 27.9 Å². The molecular weight excluding hydrogens is 388 g/mol. The Kier molecular flexibility index (Phi) is 6.40. The summed E-state index contributed by atoms with van der Waals surface area (Å²) in [6, 6.07) is 3.60. The summed E-state index contributed by atoms with van der Waals surface area (Å²) >= 11 is 1.07. The number of urea groups is 1. The molecule has 1 heterocycles. The van der Waals surface area contributed by atoms with Gasteiger partial charge in [0, 0.05) is 23.2 Å². The molecule has 8 heteroatoms. The second-order valence-electron chi connectivity index (χ2n) is 7.75. The predicted octanol–water partition coefficient (Wildman–Crippen LogP) is 3.74. The van der Waals surface area contributed by atoms with E-state index in [9.17, 15) is 9.90 Å². The van der Waals surface area contributed by atoms with Crippen molar-refractivity contribution in [3.8, 4) is 6.19 Å². The van der Waals surface area contributed by atoms with Crippen LogP contribution in [-0.4, -0.2) is 11.1 Å². The number of furan rings is 1. The summed E-state index contributed by atoms with van der Waals surface area (Å²) < 4.78 is 7.46. The van der Waals surface area contributed by atoms with Crippen LogP contribution in [0.3, 0.4) is 0 Å². The third-order valence-electron chi connectivity index (χ3n) is 5.20. The topological polar surface area (TPSA) is 124 Å². The summed E-state index contributed by atoms with van der Waals surface area (Å²) in [4.78, 5) is 11.1. The van der Waals surface area contributed by atoms with Crippen LogP contribution in [0, 0.1) is 11.5 Å². The summed E-state index contributed by atoms with van der Waals surface area (Å²) in [5, 5.41) is 21.2. The second kappa shape index (κ2) is 8.80. The molecule has 0 bridgehead atoms. The maximum atomic E-state index is 11.1. The Morgan fingerprint density at radius 2 is 1.83 bits per heavy atom. The number of aliphatic hydroxyl groups is 1. The van der Waals surface area contributed by atoms with E-state index in [0.717, 1.165) is 43.3 Å². The first-order valence-corrected chi connectivity index (χ1v) is 10.5. The number of carbonyl (C=O) groups is 1. The lowest BCUT2D eigenvalue weighted by Gasteiger charge is -2.14. The molecule has 0 radical (unpaired) electrons. The number of nitrogens with zero attached hydrogens (tertiary/aromatic N) is 1. The number of amides is 2. The fraction of sp³-hybridized carbons (Fsp3) is 0.429. The van der Waals surface area contributed by atoms with Gasteiger partial charge in [0.25, 0.3) is 0 Å². The highest BCUT2D eigenvalue weighted by atomic mass is 32.2. The number of fused-ring (bicyclic) bond motifs is 2. The Morgan fingerprint density at radius 1 is 1.21 bits per heavy atom. The standard InChI is InChI=1S/C13H16N2O.C8H10N2O2S/c14-13(16)15-12-10-5-1-3-8(10)7-9-4-2-6-11(9)12;1-8(2,11)6-3-7(12-4-6)13-10-5-9/h7H,1-6H2,(H3,14,15,16);3-4,10-11H,1-2H3. The van der Waals surface area contributed by atoms with E-state index in [1.165, 1.54) is 41.4 Å². The summed E-state index contributed by atoms with van der Waals surface area (Å²) in [5.74, 6) is 0. The molecule has 0 fully saturated rings. The van der Waals surface area contributed by atoms with Crippen molar-refractivity contribution in [2.24, 2.45) is 5.73 Å². The fourth-order valence-corrected chi connectivity index (χ4v) is 4.28. The Bertz CT molecular complexity index is 908. The Morgan fingerprint density at radius 3 is 2.31 bits per heavy atom. The van der Waals surface area contributed by atoms with E-state index in [2.05, 4.69) is 16.1 Å². The third kappa shape index (κ3) is 5.05. The number of hydrogen-bond donors (Lipinski definition) is 4. The molecule has 1 aromatic heterocycles. The maximum Gasteiger partial charge on any atom is 0.316 e. The number of benzene rings is 1. The number of nitrogens with one attached hydrogen (secondary N) is 2. The molecule has 2 aromatic rings. The predicted molar refractivity (Wildman–Crippen MR) is 112 cm³/mol. The van der Waals surface area contributed by atoms with Crippen molar-refractivity contribution in [2.45, 2.75) is 63.1 Å². The monoisotopic (exact) mass is 414 g/mol. The lowest BCUT2D eigenvalue weighted by atomic mass is 9.99. The molecule has 0 aliphatic heterocycles. The minimum Gasteiger partial charge on any atom is -0.456 e. The van der Waals surface area contributed by atoms with Gasteiger partial charge in [0.1, 0.15) is 0 Å². The first kappa shape index (κ1) is 21.1. The summed E-state index contributed by atoms with van der Waals surface area (Å²) in [7, 11) is 0. The number of hydrogen-bond acceptors (Lipinski definition) is 6. The second-order valence-corrected chi connectivity index (χ2v) is 8.56. The highest BCUT2D eigenvalue weighted by Crippen LogP contribution is 2.38. The molecule has 1 aromatic carbocycles. The van der Waals surface area contributed by atoms with Crippen LogP contribution in [0.1, 0.15) is 54.5 Å². The molecule has 2 amide bonds. The van der Waals surface area contributed by atoms with Gasteiger partial charge < -0.3 is 20.6 Å². The Labute approximate surface area is 174 Å². The Balaban J connectivity index is 0.000000170. The zero-order chi connectivity index (χ0) is 21.0. The van der Waals surface area contributed by atoms with Crippen LogP contribution in [0.4, 0.5) is 10.5 Å². The largest absolute Gasteiger partial charge is 0.456 e. The van der Waals surface area contributed by atoms with Crippen LogP contribution >= 0.6 is 11.9 Å². The Hall–Kier alpha value is -2.63. The number of aryl methyl sites for hydroxylation is 2. The van der Waals surface area contributed by atoms with Crippen LogP contribution in [0.5, 0.6) is 0 Å². The molecule has 2 aliphatic rings. The average molecular weight is 415 g/mol. The van der Waals surface area contributed by atoms with Crippen LogP contribution < -0.4 is 15.8 Å². The van der Waals surface area contributed by atoms with Gasteiger partial charge in [-0.1, -0.05) is 6.07 Å². The van der Waals surface area contributed by atoms with Crippen molar-refractivity contribution < 1.29 is 14.3 Å². The minimum atomic E-state index is -0.908. The summed E-state index contributed by atoms with van der Waals surface area (Å²) in [5.41, 5.74) is 11.6. The van der Waals surface area contributed by atoms with Crippen molar-refractivity contribution >= 4 is 23.7 Å². The molecule has 7 nitrogen and oxygen atoms in total. The highest BCUT2D eigenvalue weighted by molar-refractivity contribution is 7.97. The number of nitriles is 1. The molecule has 2 aliphatic carbocycles. The molecule has 0 unspecified atom stereocenters. The molecule has 0 spiro atoms. The normalized spacial score (nSPS) is 14.3. The first-order valence-electron chi connectivity index (χ1n) is 9.65. The van der Waals surface area contributed by atoms with Gasteiger partial charge in [0.05, 0.1) is 11.9 Å². The van der Waals surface area contributed by atoms with Crippen LogP contribution in [0.25, 0.3) is 0 Å². The van der Waals surface area contributed by atoms with E-state index < -0.39 is 11.6 Å². The number of carbonyl (C=O) groups excluding carboxylic acids is 1. The average Bonchev–Trinajstić information content (AvgIpc) is 3.39. The highest BCUT2D eigenvalue weighted by Gasteiger charge is 2.24. The summed E-state index contributed by atoms with van der Waals surface area (Å²) in [6.45, 7) is 3.34. The molecular formula is C21H26N4O3S. The zero-order valence-electron chi connectivity index (χ0n) is 16.7. The van der Waals surface area contributed by atoms with Gasteiger partial charge in [-0.05, 0) is 80.7 Å². The number of anilines is 1. The first-order chi connectivity index (χ1) is 13.8. The van der Waals surface area contributed by atoms with E-state index in [4.69, 9.17) is 15.4 Å². The van der Waals surface area contributed by atoms with Crippen molar-refractivity contribution in [1.82, 2.24) is 4.72 Å². The molecule has 0 saturated heterocycles. The molecule has 0 atom stereocenters.